The van der Waals surface area contributed by atoms with Crippen LogP contribution in [0, 0.1) is 0 Å². The molecule has 0 N–H and O–H groups in total. The zero-order valence-electron chi connectivity index (χ0n) is 10.6. The van der Waals surface area contributed by atoms with Gasteiger partial charge in [-0.15, -0.1) is 0 Å². The average molecular weight is 229 g/mol. The van der Waals surface area contributed by atoms with E-state index in [1.165, 1.54) is 6.42 Å². The van der Waals surface area contributed by atoms with Crippen molar-refractivity contribution in [2.24, 2.45) is 0 Å². The summed E-state index contributed by atoms with van der Waals surface area (Å²) >= 11 is 0. The van der Waals surface area contributed by atoms with Crippen LogP contribution in [0.4, 0.5) is 5.69 Å². The zero-order valence-corrected chi connectivity index (χ0v) is 10.6. The fraction of sp³-hybridized carbons (Fsp3) is 0.400. The van der Waals surface area contributed by atoms with Gasteiger partial charge < -0.3 is 4.90 Å². The van der Waals surface area contributed by atoms with Crippen LogP contribution in [0.25, 0.3) is 0 Å². The Balaban J connectivity index is 2.24. The molecule has 2 heteroatoms. The molecular weight excluding hydrogens is 210 g/mol. The van der Waals surface area contributed by atoms with Crippen molar-refractivity contribution in [2.75, 3.05) is 19.0 Å². The smallest absolute Gasteiger partial charge is 0.188 e. The van der Waals surface area contributed by atoms with E-state index in [4.69, 9.17) is 0 Å². The molecule has 0 fully saturated rings. The van der Waals surface area contributed by atoms with Gasteiger partial charge in [-0.05, 0) is 43.4 Å². The van der Waals surface area contributed by atoms with Gasteiger partial charge in [0.25, 0.3) is 0 Å². The van der Waals surface area contributed by atoms with Crippen LogP contribution in [0.15, 0.2) is 35.9 Å². The molecule has 0 bridgehead atoms. The minimum absolute atomic E-state index is 0.202. The predicted octanol–water partition coefficient (Wildman–Crippen LogP) is 3.44. The van der Waals surface area contributed by atoms with Gasteiger partial charge in [0.1, 0.15) is 0 Å². The number of carbonyl (C=O) groups is 1. The van der Waals surface area contributed by atoms with E-state index in [1.54, 1.807) is 0 Å². The van der Waals surface area contributed by atoms with Crippen molar-refractivity contribution in [3.63, 3.8) is 0 Å². The van der Waals surface area contributed by atoms with Gasteiger partial charge in [-0.3, -0.25) is 4.79 Å². The van der Waals surface area contributed by atoms with Crippen LogP contribution in [-0.2, 0) is 0 Å². The molecule has 0 heterocycles. The van der Waals surface area contributed by atoms with Crippen LogP contribution in [0.3, 0.4) is 0 Å². The van der Waals surface area contributed by atoms with Crippen LogP contribution in [0.5, 0.6) is 0 Å². The second-order valence-corrected chi connectivity index (χ2v) is 4.75. The minimum Gasteiger partial charge on any atom is -0.378 e. The van der Waals surface area contributed by atoms with Crippen molar-refractivity contribution in [1.29, 1.82) is 0 Å². The fourth-order valence-corrected chi connectivity index (χ4v) is 2.16. The summed E-state index contributed by atoms with van der Waals surface area (Å²) in [6, 6.07) is 7.85. The van der Waals surface area contributed by atoms with Crippen LogP contribution in [0.2, 0.25) is 0 Å². The Morgan fingerprint density at radius 2 is 2.06 bits per heavy atom. The number of allylic oxidation sites excluding steroid dienone is 2. The third-order valence-electron chi connectivity index (χ3n) is 3.21. The van der Waals surface area contributed by atoms with E-state index in [0.717, 1.165) is 36.1 Å². The molecule has 0 atom stereocenters. The lowest BCUT2D eigenvalue weighted by atomic mass is 9.93. The Kier molecular flexibility index (Phi) is 3.62. The zero-order chi connectivity index (χ0) is 12.3. The van der Waals surface area contributed by atoms with Crippen molar-refractivity contribution in [3.8, 4) is 0 Å². The Hall–Kier alpha value is -1.57. The summed E-state index contributed by atoms with van der Waals surface area (Å²) in [5.41, 5.74) is 2.88. The summed E-state index contributed by atoms with van der Waals surface area (Å²) in [5, 5.41) is 0. The van der Waals surface area contributed by atoms with Gasteiger partial charge in [-0.25, -0.2) is 0 Å². The van der Waals surface area contributed by atoms with Gasteiger partial charge in [0.15, 0.2) is 5.78 Å². The lowest BCUT2D eigenvalue weighted by Gasteiger charge is -2.15. The maximum absolute atomic E-state index is 12.3. The maximum Gasteiger partial charge on any atom is 0.188 e. The molecule has 1 aromatic rings. The van der Waals surface area contributed by atoms with Gasteiger partial charge in [0, 0.05) is 25.3 Å². The second kappa shape index (κ2) is 5.17. The van der Waals surface area contributed by atoms with Crippen molar-refractivity contribution in [1.82, 2.24) is 0 Å². The minimum atomic E-state index is 0.202. The molecule has 0 aromatic heterocycles. The lowest BCUT2D eigenvalue weighted by Crippen LogP contribution is -2.11. The molecule has 0 unspecified atom stereocenters. The number of nitrogens with zero attached hydrogens (tertiary/aromatic N) is 1. The summed E-state index contributed by atoms with van der Waals surface area (Å²) in [5.74, 6) is 0.202. The highest BCUT2D eigenvalue weighted by molar-refractivity contribution is 6.09. The van der Waals surface area contributed by atoms with Crippen molar-refractivity contribution >= 4 is 11.5 Å². The summed E-state index contributed by atoms with van der Waals surface area (Å²) in [4.78, 5) is 14.3. The first kappa shape index (κ1) is 11.9. The van der Waals surface area contributed by atoms with Gasteiger partial charge in [-0.1, -0.05) is 18.2 Å². The third kappa shape index (κ3) is 2.76. The molecule has 1 aliphatic rings. The summed E-state index contributed by atoms with van der Waals surface area (Å²) in [6.45, 7) is 0. The molecule has 1 aliphatic carbocycles. The Bertz CT molecular complexity index is 446. The number of hydrogen-bond donors (Lipinski definition) is 0. The van der Waals surface area contributed by atoms with Gasteiger partial charge >= 0.3 is 0 Å². The third-order valence-corrected chi connectivity index (χ3v) is 3.21. The number of hydrogen-bond acceptors (Lipinski definition) is 2. The molecule has 0 radical (unpaired) electrons. The molecular formula is C15H19NO. The molecule has 2 rings (SSSR count). The van der Waals surface area contributed by atoms with E-state index < -0.39 is 0 Å². The average Bonchev–Trinajstić information content (AvgIpc) is 2.39. The summed E-state index contributed by atoms with van der Waals surface area (Å²) in [7, 11) is 3.98. The normalized spacial score (nSPS) is 15.3. The van der Waals surface area contributed by atoms with Crippen LogP contribution >= 0.6 is 0 Å². The topological polar surface area (TPSA) is 20.3 Å². The SMILES string of the molecule is CN(C)c1cccc(C(=O)C2=CCCCC2)c1. The Morgan fingerprint density at radius 1 is 1.24 bits per heavy atom. The van der Waals surface area contributed by atoms with Gasteiger partial charge in [0.2, 0.25) is 0 Å². The summed E-state index contributed by atoms with van der Waals surface area (Å²) in [6.07, 6.45) is 6.45. The van der Waals surface area contributed by atoms with Crippen LogP contribution in [0.1, 0.15) is 36.0 Å². The molecule has 1 aromatic carbocycles. The highest BCUT2D eigenvalue weighted by Crippen LogP contribution is 2.23. The first-order chi connectivity index (χ1) is 8.18. The van der Waals surface area contributed by atoms with Crippen LogP contribution in [-0.4, -0.2) is 19.9 Å². The van der Waals surface area contributed by atoms with E-state index in [-0.39, 0.29) is 5.78 Å². The molecule has 90 valence electrons. The first-order valence-electron chi connectivity index (χ1n) is 6.19. The molecule has 2 nitrogen and oxygen atoms in total. The fourth-order valence-electron chi connectivity index (χ4n) is 2.16. The quantitative estimate of drug-likeness (QED) is 0.740. The lowest BCUT2D eigenvalue weighted by molar-refractivity contribution is 0.102. The van der Waals surface area contributed by atoms with E-state index in [1.807, 2.05) is 43.3 Å². The number of Topliss-reactive ketones (excluding diaryl/α,β-unsaturated/α-hetero) is 1. The van der Waals surface area contributed by atoms with Crippen molar-refractivity contribution in [2.45, 2.75) is 25.7 Å². The van der Waals surface area contributed by atoms with E-state index >= 15 is 0 Å². The standard InChI is InChI=1S/C15H19NO/c1-16(2)14-10-6-9-13(11-14)15(17)12-7-4-3-5-8-12/h6-7,9-11H,3-5,8H2,1-2H3. The van der Waals surface area contributed by atoms with Crippen molar-refractivity contribution < 1.29 is 4.79 Å². The molecule has 0 aliphatic heterocycles. The highest BCUT2D eigenvalue weighted by atomic mass is 16.1. The number of carbonyl (C=O) groups excluding carboxylic acids is 1. The van der Waals surface area contributed by atoms with Gasteiger partial charge in [0.05, 0.1) is 0 Å². The van der Waals surface area contributed by atoms with E-state index in [0.29, 0.717) is 0 Å². The number of ketones is 1. The highest BCUT2D eigenvalue weighted by Gasteiger charge is 2.14. The Morgan fingerprint density at radius 3 is 2.71 bits per heavy atom. The van der Waals surface area contributed by atoms with E-state index in [9.17, 15) is 4.79 Å². The number of rotatable bonds is 3. The molecule has 0 spiro atoms. The monoisotopic (exact) mass is 229 g/mol. The predicted molar refractivity (Wildman–Crippen MR) is 71.7 cm³/mol. The molecule has 0 amide bonds. The molecule has 0 saturated carbocycles. The second-order valence-electron chi connectivity index (χ2n) is 4.75. The summed E-state index contributed by atoms with van der Waals surface area (Å²) < 4.78 is 0. The first-order valence-corrected chi connectivity index (χ1v) is 6.19. The number of benzene rings is 1. The number of anilines is 1. The molecule has 0 saturated heterocycles. The van der Waals surface area contributed by atoms with Crippen molar-refractivity contribution in [3.05, 3.63) is 41.5 Å². The molecule has 17 heavy (non-hydrogen) atoms. The largest absolute Gasteiger partial charge is 0.378 e. The maximum atomic E-state index is 12.3. The Labute approximate surface area is 103 Å². The van der Waals surface area contributed by atoms with Gasteiger partial charge in [-0.2, -0.15) is 0 Å². The van der Waals surface area contributed by atoms with E-state index in [2.05, 4.69) is 6.08 Å². The van der Waals surface area contributed by atoms with Crippen LogP contribution < -0.4 is 4.90 Å².